The number of piperidine rings is 1. The van der Waals surface area contributed by atoms with E-state index in [-0.39, 0.29) is 11.4 Å². The molecule has 0 unspecified atom stereocenters. The quantitative estimate of drug-likeness (QED) is 0.648. The van der Waals surface area contributed by atoms with Crippen LogP contribution in [0.1, 0.15) is 18.4 Å². The van der Waals surface area contributed by atoms with E-state index in [4.69, 9.17) is 9.84 Å². The molecule has 0 saturated carbocycles. The van der Waals surface area contributed by atoms with Crippen LogP contribution in [0.4, 0.5) is 10.5 Å². The van der Waals surface area contributed by atoms with E-state index in [9.17, 15) is 14.9 Å². The van der Waals surface area contributed by atoms with Crippen LogP contribution >= 0.6 is 15.9 Å². The van der Waals surface area contributed by atoms with Gasteiger partial charge in [-0.2, -0.15) is 0 Å². The molecule has 0 atom stereocenters. The van der Waals surface area contributed by atoms with E-state index in [2.05, 4.69) is 15.9 Å². The number of hydrogen-bond donors (Lipinski definition) is 1. The first kappa shape index (κ1) is 16.3. The van der Waals surface area contributed by atoms with Crippen LogP contribution in [0.3, 0.4) is 0 Å². The van der Waals surface area contributed by atoms with Crippen LogP contribution in [0.2, 0.25) is 0 Å². The topological polar surface area (TPSA) is 92.9 Å². The number of benzene rings is 1. The predicted octanol–water partition coefficient (Wildman–Crippen LogP) is 3.52. The number of hydrogen-bond acceptors (Lipinski definition) is 4. The summed E-state index contributed by atoms with van der Waals surface area (Å²) in [4.78, 5) is 22.9. The average molecular weight is 371 g/mol. The van der Waals surface area contributed by atoms with Gasteiger partial charge in [0.2, 0.25) is 5.75 Å². The lowest BCUT2D eigenvalue weighted by atomic mass is 10.0. The van der Waals surface area contributed by atoms with Crippen LogP contribution < -0.4 is 4.74 Å². The Bertz CT molecular complexity index is 634. The Morgan fingerprint density at radius 1 is 1.45 bits per heavy atom. The van der Waals surface area contributed by atoms with Crippen molar-refractivity contribution in [1.82, 2.24) is 4.90 Å². The van der Waals surface area contributed by atoms with E-state index in [0.29, 0.717) is 36.0 Å². The summed E-state index contributed by atoms with van der Waals surface area (Å²) in [6.07, 6.45) is 2.14. The van der Waals surface area contributed by atoms with Crippen LogP contribution in [0.5, 0.6) is 5.75 Å². The molecule has 118 valence electrons. The number of likely N-dealkylation sites (tertiary alicyclic amines) is 1. The fourth-order valence-corrected chi connectivity index (χ4v) is 2.88. The lowest BCUT2D eigenvalue weighted by Crippen LogP contribution is -2.35. The van der Waals surface area contributed by atoms with Gasteiger partial charge in [0.15, 0.2) is 0 Å². The third-order valence-corrected chi connectivity index (χ3v) is 3.96. The molecule has 0 aromatic heterocycles. The summed E-state index contributed by atoms with van der Waals surface area (Å²) in [5.74, 6) is 0.210. The number of ether oxygens (including phenoxy) is 1. The lowest BCUT2D eigenvalue weighted by Gasteiger charge is -2.25. The predicted molar refractivity (Wildman–Crippen MR) is 84.2 cm³/mol. The average Bonchev–Trinajstić information content (AvgIpc) is 2.47. The summed E-state index contributed by atoms with van der Waals surface area (Å²) in [5, 5.41) is 20.0. The Balaban J connectivity index is 2.31. The standard InChI is InChI=1S/C14H15BrN2O5/c1-22-13-10(7-11(15)8-12(13)17(20)21)6-9-2-4-16(5-3-9)14(18)19/h6-8H,2-5H2,1H3,(H,18,19). The minimum Gasteiger partial charge on any atom is -0.490 e. The van der Waals surface area contributed by atoms with Gasteiger partial charge in [-0.3, -0.25) is 10.1 Å². The first-order chi connectivity index (χ1) is 10.4. The molecule has 1 saturated heterocycles. The number of nitro groups is 1. The molecule has 1 aliphatic rings. The molecule has 1 heterocycles. The number of nitro benzene ring substituents is 1. The number of rotatable bonds is 3. The van der Waals surface area contributed by atoms with Crippen molar-refractivity contribution in [1.29, 1.82) is 0 Å². The van der Waals surface area contributed by atoms with Crippen LogP contribution in [-0.2, 0) is 0 Å². The van der Waals surface area contributed by atoms with Crippen LogP contribution in [0.15, 0.2) is 22.2 Å². The van der Waals surface area contributed by atoms with Crippen molar-refractivity contribution in [3.63, 3.8) is 0 Å². The van der Waals surface area contributed by atoms with Gasteiger partial charge in [-0.25, -0.2) is 4.79 Å². The first-order valence-electron chi connectivity index (χ1n) is 6.61. The number of amides is 1. The third-order valence-electron chi connectivity index (χ3n) is 3.50. The minimum atomic E-state index is -0.922. The largest absolute Gasteiger partial charge is 0.490 e. The molecule has 8 heteroatoms. The van der Waals surface area contributed by atoms with E-state index >= 15 is 0 Å². The van der Waals surface area contributed by atoms with Crippen molar-refractivity contribution in [3.8, 4) is 5.75 Å². The zero-order valence-electron chi connectivity index (χ0n) is 11.9. The van der Waals surface area contributed by atoms with Gasteiger partial charge in [0.1, 0.15) is 0 Å². The molecule has 1 aromatic rings. The molecule has 0 aliphatic carbocycles. The van der Waals surface area contributed by atoms with Crippen molar-refractivity contribution in [2.45, 2.75) is 12.8 Å². The number of carboxylic acid groups (broad SMARTS) is 1. The maximum atomic E-state index is 11.1. The Morgan fingerprint density at radius 2 is 2.09 bits per heavy atom. The second-order valence-electron chi connectivity index (χ2n) is 4.88. The van der Waals surface area contributed by atoms with Gasteiger partial charge in [-0.15, -0.1) is 0 Å². The molecule has 1 amide bonds. The van der Waals surface area contributed by atoms with Gasteiger partial charge in [-0.1, -0.05) is 27.6 Å². The normalized spacial score (nSPS) is 14.6. The molecule has 0 spiro atoms. The summed E-state index contributed by atoms with van der Waals surface area (Å²) in [7, 11) is 1.39. The number of nitrogens with zero attached hydrogens (tertiary/aromatic N) is 2. The van der Waals surface area contributed by atoms with Crippen LogP contribution in [0.25, 0.3) is 6.08 Å². The number of carbonyl (C=O) groups is 1. The van der Waals surface area contributed by atoms with E-state index in [1.165, 1.54) is 18.1 Å². The summed E-state index contributed by atoms with van der Waals surface area (Å²) >= 11 is 3.26. The molecule has 22 heavy (non-hydrogen) atoms. The van der Waals surface area contributed by atoms with E-state index in [0.717, 1.165) is 5.57 Å². The Kier molecular flexibility index (Phi) is 5.02. The maximum Gasteiger partial charge on any atom is 0.407 e. The molecular weight excluding hydrogens is 356 g/mol. The molecule has 0 radical (unpaired) electrons. The summed E-state index contributed by atoms with van der Waals surface area (Å²) in [6, 6.07) is 3.15. The van der Waals surface area contributed by atoms with E-state index in [1.54, 1.807) is 6.07 Å². The van der Waals surface area contributed by atoms with Crippen LogP contribution in [-0.4, -0.2) is 41.2 Å². The second kappa shape index (κ2) is 6.78. The minimum absolute atomic E-state index is 0.105. The first-order valence-corrected chi connectivity index (χ1v) is 7.41. The van der Waals surface area contributed by atoms with Gasteiger partial charge in [0.25, 0.3) is 0 Å². The number of halogens is 1. The van der Waals surface area contributed by atoms with Crippen molar-refractivity contribution in [3.05, 3.63) is 37.9 Å². The summed E-state index contributed by atoms with van der Waals surface area (Å²) in [6.45, 7) is 0.860. The molecule has 1 N–H and O–H groups in total. The van der Waals surface area contributed by atoms with Gasteiger partial charge < -0.3 is 14.7 Å². The maximum absolute atomic E-state index is 11.1. The molecule has 1 fully saturated rings. The molecule has 7 nitrogen and oxygen atoms in total. The van der Waals surface area contributed by atoms with E-state index < -0.39 is 11.0 Å². The van der Waals surface area contributed by atoms with Crippen molar-refractivity contribution < 1.29 is 19.6 Å². The molecular formula is C14H15BrN2O5. The van der Waals surface area contributed by atoms with Gasteiger partial charge in [-0.05, 0) is 18.9 Å². The highest BCUT2D eigenvalue weighted by Gasteiger charge is 2.21. The molecule has 1 aromatic carbocycles. The monoisotopic (exact) mass is 370 g/mol. The molecule has 0 bridgehead atoms. The fourth-order valence-electron chi connectivity index (χ4n) is 2.41. The summed E-state index contributed by atoms with van der Waals surface area (Å²) in [5.41, 5.74) is 1.55. The zero-order valence-corrected chi connectivity index (χ0v) is 13.5. The molecule has 1 aliphatic heterocycles. The van der Waals surface area contributed by atoms with Gasteiger partial charge in [0, 0.05) is 29.2 Å². The SMILES string of the molecule is COc1c(C=C2CCN(C(=O)O)CC2)cc(Br)cc1[N+](=O)[O-]. The second-order valence-corrected chi connectivity index (χ2v) is 5.79. The highest BCUT2D eigenvalue weighted by Crippen LogP contribution is 2.36. The van der Waals surface area contributed by atoms with E-state index in [1.807, 2.05) is 6.08 Å². The smallest absolute Gasteiger partial charge is 0.407 e. The number of methoxy groups -OCH3 is 1. The highest BCUT2D eigenvalue weighted by molar-refractivity contribution is 9.10. The van der Waals surface area contributed by atoms with Gasteiger partial charge >= 0.3 is 11.8 Å². The van der Waals surface area contributed by atoms with Crippen molar-refractivity contribution in [2.75, 3.05) is 20.2 Å². The Hall–Kier alpha value is -2.09. The fraction of sp³-hybridized carbons (Fsp3) is 0.357. The Labute approximate surface area is 135 Å². The van der Waals surface area contributed by atoms with Gasteiger partial charge in [0.05, 0.1) is 12.0 Å². The highest BCUT2D eigenvalue weighted by atomic mass is 79.9. The third kappa shape index (κ3) is 3.56. The lowest BCUT2D eigenvalue weighted by molar-refractivity contribution is -0.385. The Morgan fingerprint density at radius 3 is 2.59 bits per heavy atom. The molecule has 2 rings (SSSR count). The van der Waals surface area contributed by atoms with Crippen LogP contribution in [0, 0.1) is 10.1 Å². The van der Waals surface area contributed by atoms with Crippen molar-refractivity contribution >= 4 is 33.8 Å². The summed E-state index contributed by atoms with van der Waals surface area (Å²) < 4.78 is 5.77. The zero-order chi connectivity index (χ0) is 16.3. The van der Waals surface area contributed by atoms with Crippen molar-refractivity contribution in [2.24, 2.45) is 0 Å².